The lowest BCUT2D eigenvalue weighted by Gasteiger charge is -2.05. The predicted octanol–water partition coefficient (Wildman–Crippen LogP) is 4.05. The van der Waals surface area contributed by atoms with Crippen LogP contribution in [0.5, 0.6) is 0 Å². The number of benzene rings is 2. The van der Waals surface area contributed by atoms with E-state index < -0.39 is 11.9 Å². The molecule has 5 heteroatoms. The molecule has 0 aliphatic carbocycles. The van der Waals surface area contributed by atoms with Crippen molar-refractivity contribution in [1.29, 1.82) is 0 Å². The summed E-state index contributed by atoms with van der Waals surface area (Å²) in [5.74, 6) is -2.08. The van der Waals surface area contributed by atoms with Crippen molar-refractivity contribution in [1.82, 2.24) is 4.98 Å². The first-order valence-corrected chi connectivity index (χ1v) is 7.34. The van der Waals surface area contributed by atoms with E-state index in [0.29, 0.717) is 11.1 Å². The highest BCUT2D eigenvalue weighted by atomic mass is 16.4. The maximum Gasteiger partial charge on any atom is 0.352 e. The zero-order valence-electron chi connectivity index (χ0n) is 12.9. The SMILES string of the molecule is Cc1c(-c2ccccc2)[nH]c(C(=O)O)c1-c1ccc(C(=O)O)cc1. The van der Waals surface area contributed by atoms with Crippen LogP contribution < -0.4 is 0 Å². The Morgan fingerprint density at radius 2 is 1.46 bits per heavy atom. The second kappa shape index (κ2) is 6.04. The van der Waals surface area contributed by atoms with Gasteiger partial charge < -0.3 is 15.2 Å². The summed E-state index contributed by atoms with van der Waals surface area (Å²) in [6, 6.07) is 15.7. The number of carboxylic acid groups (broad SMARTS) is 2. The molecule has 0 fully saturated rings. The summed E-state index contributed by atoms with van der Waals surface area (Å²) in [4.78, 5) is 25.6. The third-order valence-electron chi connectivity index (χ3n) is 3.95. The van der Waals surface area contributed by atoms with Gasteiger partial charge in [-0.3, -0.25) is 0 Å². The summed E-state index contributed by atoms with van der Waals surface area (Å²) >= 11 is 0. The smallest absolute Gasteiger partial charge is 0.352 e. The molecule has 3 aromatic rings. The van der Waals surface area contributed by atoms with Crippen LogP contribution in [0.2, 0.25) is 0 Å². The van der Waals surface area contributed by atoms with Gasteiger partial charge in [0.2, 0.25) is 0 Å². The highest BCUT2D eigenvalue weighted by Gasteiger charge is 2.21. The number of H-pyrrole nitrogens is 1. The molecular formula is C19H15NO4. The molecule has 1 aromatic heterocycles. The van der Waals surface area contributed by atoms with Gasteiger partial charge in [0.05, 0.1) is 5.56 Å². The van der Waals surface area contributed by atoms with Crippen LogP contribution in [0.4, 0.5) is 0 Å². The molecule has 0 saturated heterocycles. The average molecular weight is 321 g/mol. The molecule has 0 saturated carbocycles. The highest BCUT2D eigenvalue weighted by molar-refractivity contribution is 5.98. The Hall–Kier alpha value is -3.34. The van der Waals surface area contributed by atoms with Crippen molar-refractivity contribution in [2.75, 3.05) is 0 Å². The molecule has 0 radical (unpaired) electrons. The fraction of sp³-hybridized carbons (Fsp3) is 0.0526. The first-order chi connectivity index (χ1) is 11.5. The van der Waals surface area contributed by atoms with Crippen LogP contribution in [-0.2, 0) is 0 Å². The van der Waals surface area contributed by atoms with Crippen LogP contribution in [0, 0.1) is 6.92 Å². The van der Waals surface area contributed by atoms with Gasteiger partial charge in [-0.05, 0) is 35.7 Å². The van der Waals surface area contributed by atoms with E-state index >= 15 is 0 Å². The lowest BCUT2D eigenvalue weighted by Crippen LogP contribution is -2.00. The van der Waals surface area contributed by atoms with Crippen LogP contribution in [0.3, 0.4) is 0 Å². The lowest BCUT2D eigenvalue weighted by molar-refractivity contribution is 0.0683. The van der Waals surface area contributed by atoms with Crippen LogP contribution >= 0.6 is 0 Å². The van der Waals surface area contributed by atoms with Crippen LogP contribution in [-0.4, -0.2) is 27.1 Å². The largest absolute Gasteiger partial charge is 0.478 e. The summed E-state index contributed by atoms with van der Waals surface area (Å²) in [5, 5.41) is 18.5. The van der Waals surface area contributed by atoms with Gasteiger partial charge in [0, 0.05) is 11.3 Å². The number of aromatic carboxylic acids is 2. The zero-order valence-corrected chi connectivity index (χ0v) is 12.9. The third kappa shape index (κ3) is 2.67. The van der Waals surface area contributed by atoms with Crippen molar-refractivity contribution in [2.24, 2.45) is 0 Å². The van der Waals surface area contributed by atoms with Gasteiger partial charge in [0.15, 0.2) is 0 Å². The summed E-state index contributed by atoms with van der Waals surface area (Å²) in [5.41, 5.74) is 3.92. The van der Waals surface area contributed by atoms with Crippen molar-refractivity contribution in [3.8, 4) is 22.4 Å². The summed E-state index contributed by atoms with van der Waals surface area (Å²) < 4.78 is 0. The molecule has 0 aliphatic rings. The summed E-state index contributed by atoms with van der Waals surface area (Å²) in [7, 11) is 0. The fourth-order valence-corrected chi connectivity index (χ4v) is 2.79. The molecule has 2 aromatic carbocycles. The minimum atomic E-state index is -1.06. The first-order valence-electron chi connectivity index (χ1n) is 7.34. The Bertz CT molecular complexity index is 909. The number of carbonyl (C=O) groups is 2. The lowest BCUT2D eigenvalue weighted by atomic mass is 9.98. The molecule has 24 heavy (non-hydrogen) atoms. The molecule has 1 heterocycles. The van der Waals surface area contributed by atoms with Crippen molar-refractivity contribution in [3.63, 3.8) is 0 Å². The molecule has 0 bridgehead atoms. The summed E-state index contributed by atoms with van der Waals surface area (Å²) in [6.45, 7) is 1.85. The molecule has 0 spiro atoms. The molecule has 120 valence electrons. The predicted molar refractivity (Wildman–Crippen MR) is 90.3 cm³/mol. The van der Waals surface area contributed by atoms with Gasteiger partial charge >= 0.3 is 11.9 Å². The van der Waals surface area contributed by atoms with E-state index in [1.165, 1.54) is 12.1 Å². The number of hydrogen-bond donors (Lipinski definition) is 3. The minimum Gasteiger partial charge on any atom is -0.478 e. The molecule has 0 aliphatic heterocycles. The van der Waals surface area contributed by atoms with E-state index in [9.17, 15) is 14.7 Å². The fourth-order valence-electron chi connectivity index (χ4n) is 2.79. The van der Waals surface area contributed by atoms with E-state index in [0.717, 1.165) is 16.8 Å². The van der Waals surface area contributed by atoms with Gasteiger partial charge in [-0.25, -0.2) is 9.59 Å². The molecular weight excluding hydrogens is 306 g/mol. The first kappa shape index (κ1) is 15.6. The maximum atomic E-state index is 11.6. The highest BCUT2D eigenvalue weighted by Crippen LogP contribution is 2.35. The minimum absolute atomic E-state index is 0.0921. The molecule has 5 nitrogen and oxygen atoms in total. The second-order valence-corrected chi connectivity index (χ2v) is 5.43. The van der Waals surface area contributed by atoms with Crippen LogP contribution in [0.1, 0.15) is 26.4 Å². The van der Waals surface area contributed by atoms with Gasteiger partial charge in [-0.15, -0.1) is 0 Å². The summed E-state index contributed by atoms with van der Waals surface area (Å²) in [6.07, 6.45) is 0. The number of aromatic amines is 1. The Morgan fingerprint density at radius 1 is 0.833 bits per heavy atom. The Morgan fingerprint density at radius 3 is 2.00 bits per heavy atom. The van der Waals surface area contributed by atoms with E-state index in [1.807, 2.05) is 37.3 Å². The van der Waals surface area contributed by atoms with Crippen molar-refractivity contribution in [3.05, 3.63) is 71.4 Å². The Kier molecular flexibility index (Phi) is 3.92. The van der Waals surface area contributed by atoms with Crippen LogP contribution in [0.25, 0.3) is 22.4 Å². The van der Waals surface area contributed by atoms with Gasteiger partial charge in [-0.2, -0.15) is 0 Å². The van der Waals surface area contributed by atoms with E-state index in [2.05, 4.69) is 4.98 Å². The average Bonchev–Trinajstić information content (AvgIpc) is 2.93. The van der Waals surface area contributed by atoms with Gasteiger partial charge in [0.25, 0.3) is 0 Å². The second-order valence-electron chi connectivity index (χ2n) is 5.43. The number of carboxylic acids is 2. The molecule has 3 rings (SSSR count). The molecule has 0 unspecified atom stereocenters. The molecule has 3 N–H and O–H groups in total. The number of hydrogen-bond acceptors (Lipinski definition) is 2. The topological polar surface area (TPSA) is 90.4 Å². The van der Waals surface area contributed by atoms with Crippen molar-refractivity contribution >= 4 is 11.9 Å². The monoisotopic (exact) mass is 321 g/mol. The van der Waals surface area contributed by atoms with Gasteiger partial charge in [0.1, 0.15) is 5.69 Å². The van der Waals surface area contributed by atoms with Gasteiger partial charge in [-0.1, -0.05) is 42.5 Å². The van der Waals surface area contributed by atoms with E-state index in [1.54, 1.807) is 12.1 Å². The zero-order chi connectivity index (χ0) is 17.3. The number of rotatable bonds is 4. The number of aromatic nitrogens is 1. The van der Waals surface area contributed by atoms with Crippen molar-refractivity contribution < 1.29 is 19.8 Å². The van der Waals surface area contributed by atoms with E-state index in [4.69, 9.17) is 5.11 Å². The number of nitrogens with one attached hydrogen (secondary N) is 1. The standard InChI is InChI=1S/C19H15NO4/c1-11-15(12-7-9-14(10-8-12)18(21)22)17(19(23)24)20-16(11)13-5-3-2-4-6-13/h2-10,20H,1H3,(H,21,22)(H,23,24). The third-order valence-corrected chi connectivity index (χ3v) is 3.95. The Balaban J connectivity index is 2.18. The van der Waals surface area contributed by atoms with Crippen molar-refractivity contribution in [2.45, 2.75) is 6.92 Å². The van der Waals surface area contributed by atoms with Crippen LogP contribution in [0.15, 0.2) is 54.6 Å². The molecule has 0 amide bonds. The maximum absolute atomic E-state index is 11.6. The van der Waals surface area contributed by atoms with E-state index in [-0.39, 0.29) is 11.3 Å². The Labute approximate surface area is 138 Å². The normalized spacial score (nSPS) is 10.5. The quantitative estimate of drug-likeness (QED) is 0.676. The molecule has 0 atom stereocenters.